The zero-order valence-corrected chi connectivity index (χ0v) is 8.02. The van der Waals surface area contributed by atoms with E-state index in [4.69, 9.17) is 0 Å². The number of piperidine rings is 1. The van der Waals surface area contributed by atoms with Crippen LogP contribution in [0.4, 0.5) is 0 Å². The van der Waals surface area contributed by atoms with Gasteiger partial charge in [0.2, 0.25) is 0 Å². The highest BCUT2D eigenvalue weighted by molar-refractivity contribution is 5.75. The van der Waals surface area contributed by atoms with Gasteiger partial charge in [0.1, 0.15) is 6.04 Å². The Bertz CT molecular complexity index is 177. The topological polar surface area (TPSA) is 38.3 Å². The van der Waals surface area contributed by atoms with Gasteiger partial charge in [0.05, 0.1) is 7.11 Å². The largest absolute Gasteiger partial charge is 0.468 e. The molecule has 1 rings (SSSR count). The lowest BCUT2D eigenvalue weighted by Crippen LogP contribution is -2.46. The Morgan fingerprint density at radius 1 is 1.58 bits per heavy atom. The highest BCUT2D eigenvalue weighted by Gasteiger charge is 2.31. The van der Waals surface area contributed by atoms with Crippen LogP contribution in [0, 0.1) is 5.41 Å². The zero-order valence-electron chi connectivity index (χ0n) is 8.02. The molecule has 1 atom stereocenters. The number of carbonyl (C=O) groups is 1. The molecule has 0 aromatic heterocycles. The van der Waals surface area contributed by atoms with Gasteiger partial charge in [-0.3, -0.25) is 4.79 Å². The average Bonchev–Trinajstić information content (AvgIpc) is 2.01. The van der Waals surface area contributed by atoms with Gasteiger partial charge in [0.15, 0.2) is 0 Å². The second-order valence-electron chi connectivity index (χ2n) is 4.15. The minimum atomic E-state index is -0.136. The molecule has 1 heterocycles. The molecule has 0 amide bonds. The molecule has 0 radical (unpaired) electrons. The highest BCUT2D eigenvalue weighted by Crippen LogP contribution is 2.29. The van der Waals surface area contributed by atoms with Gasteiger partial charge in [-0.15, -0.1) is 0 Å². The molecule has 0 aliphatic carbocycles. The van der Waals surface area contributed by atoms with Gasteiger partial charge >= 0.3 is 5.97 Å². The van der Waals surface area contributed by atoms with E-state index in [1.54, 1.807) is 0 Å². The summed E-state index contributed by atoms with van der Waals surface area (Å²) in [6, 6.07) is -0.0984. The molecule has 12 heavy (non-hydrogen) atoms. The van der Waals surface area contributed by atoms with Crippen molar-refractivity contribution in [1.29, 1.82) is 0 Å². The van der Waals surface area contributed by atoms with Gasteiger partial charge in [0.25, 0.3) is 0 Å². The number of hydrogen-bond donors (Lipinski definition) is 1. The monoisotopic (exact) mass is 171 g/mol. The Labute approximate surface area is 73.5 Å². The number of carbonyl (C=O) groups excluding carboxylic acids is 1. The lowest BCUT2D eigenvalue weighted by atomic mass is 9.80. The molecule has 1 saturated heterocycles. The molecule has 3 heteroatoms. The number of rotatable bonds is 1. The van der Waals surface area contributed by atoms with Crippen molar-refractivity contribution in [2.75, 3.05) is 13.7 Å². The quantitative estimate of drug-likeness (QED) is 0.597. The van der Waals surface area contributed by atoms with Crippen LogP contribution < -0.4 is 5.32 Å². The van der Waals surface area contributed by atoms with E-state index in [0.29, 0.717) is 0 Å². The Kier molecular flexibility index (Phi) is 2.73. The van der Waals surface area contributed by atoms with E-state index in [1.165, 1.54) is 7.11 Å². The molecule has 70 valence electrons. The second kappa shape index (κ2) is 3.44. The second-order valence-corrected chi connectivity index (χ2v) is 4.15. The molecule has 1 fully saturated rings. The van der Waals surface area contributed by atoms with Crippen molar-refractivity contribution in [2.45, 2.75) is 32.7 Å². The summed E-state index contributed by atoms with van der Waals surface area (Å²) >= 11 is 0. The van der Waals surface area contributed by atoms with E-state index >= 15 is 0 Å². The van der Waals surface area contributed by atoms with E-state index in [1.807, 2.05) is 0 Å². The van der Waals surface area contributed by atoms with Crippen LogP contribution >= 0.6 is 0 Å². The number of hydrogen-bond acceptors (Lipinski definition) is 3. The van der Waals surface area contributed by atoms with Crippen LogP contribution in [0.15, 0.2) is 0 Å². The molecule has 1 unspecified atom stereocenters. The summed E-state index contributed by atoms with van der Waals surface area (Å²) in [7, 11) is 1.44. The maximum Gasteiger partial charge on any atom is 0.322 e. The summed E-state index contributed by atoms with van der Waals surface area (Å²) in [6.07, 6.45) is 2.00. The van der Waals surface area contributed by atoms with Crippen LogP contribution in [0.2, 0.25) is 0 Å². The number of ether oxygens (including phenoxy) is 1. The van der Waals surface area contributed by atoms with Gasteiger partial charge in [-0.05, 0) is 24.8 Å². The third kappa shape index (κ3) is 2.21. The summed E-state index contributed by atoms with van der Waals surface area (Å²) < 4.78 is 4.68. The number of esters is 1. The van der Waals surface area contributed by atoms with E-state index in [9.17, 15) is 4.79 Å². The van der Waals surface area contributed by atoms with E-state index in [-0.39, 0.29) is 17.4 Å². The first kappa shape index (κ1) is 9.52. The number of methoxy groups -OCH3 is 1. The maximum absolute atomic E-state index is 11.2. The van der Waals surface area contributed by atoms with Gasteiger partial charge in [-0.1, -0.05) is 13.8 Å². The molecular formula is C9H17NO2. The molecule has 1 aliphatic rings. The zero-order chi connectivity index (χ0) is 9.19. The van der Waals surface area contributed by atoms with Crippen molar-refractivity contribution >= 4 is 5.97 Å². The third-order valence-corrected chi connectivity index (χ3v) is 2.43. The lowest BCUT2D eigenvalue weighted by Gasteiger charge is -2.34. The van der Waals surface area contributed by atoms with Crippen molar-refractivity contribution in [1.82, 2.24) is 5.32 Å². The fraction of sp³-hybridized carbons (Fsp3) is 0.889. The first-order chi connectivity index (χ1) is 5.55. The standard InChI is InChI=1S/C9H17NO2/c1-9(2)4-5-10-7(6-9)8(11)12-3/h7,10H,4-6H2,1-3H3. The summed E-state index contributed by atoms with van der Waals surface area (Å²) in [5.41, 5.74) is 0.268. The first-order valence-corrected chi connectivity index (χ1v) is 4.36. The number of nitrogens with one attached hydrogen (secondary N) is 1. The molecular weight excluding hydrogens is 154 g/mol. The van der Waals surface area contributed by atoms with E-state index in [2.05, 4.69) is 23.9 Å². The van der Waals surface area contributed by atoms with Crippen molar-refractivity contribution in [3.8, 4) is 0 Å². The molecule has 3 nitrogen and oxygen atoms in total. The molecule has 0 aromatic carbocycles. The van der Waals surface area contributed by atoms with E-state index in [0.717, 1.165) is 19.4 Å². The normalized spacial score (nSPS) is 28.1. The molecule has 0 bridgehead atoms. The minimum Gasteiger partial charge on any atom is -0.468 e. The van der Waals surface area contributed by atoms with Crippen molar-refractivity contribution in [3.63, 3.8) is 0 Å². The highest BCUT2D eigenvalue weighted by atomic mass is 16.5. The SMILES string of the molecule is COC(=O)C1CC(C)(C)CCN1. The molecule has 1 N–H and O–H groups in total. The first-order valence-electron chi connectivity index (χ1n) is 4.36. The van der Waals surface area contributed by atoms with Gasteiger partial charge in [0, 0.05) is 0 Å². The fourth-order valence-corrected chi connectivity index (χ4v) is 1.62. The predicted octanol–water partition coefficient (Wildman–Crippen LogP) is 0.938. The summed E-state index contributed by atoms with van der Waals surface area (Å²) in [4.78, 5) is 11.2. The van der Waals surface area contributed by atoms with Crippen LogP contribution in [-0.2, 0) is 9.53 Å². The van der Waals surface area contributed by atoms with Crippen molar-refractivity contribution in [2.24, 2.45) is 5.41 Å². The maximum atomic E-state index is 11.2. The molecule has 0 aromatic rings. The van der Waals surface area contributed by atoms with Crippen molar-refractivity contribution < 1.29 is 9.53 Å². The summed E-state index contributed by atoms with van der Waals surface area (Å²) in [5, 5.41) is 3.15. The van der Waals surface area contributed by atoms with Crippen molar-refractivity contribution in [3.05, 3.63) is 0 Å². The van der Waals surface area contributed by atoms with Gasteiger partial charge in [-0.25, -0.2) is 0 Å². The summed E-state index contributed by atoms with van der Waals surface area (Å²) in [6.45, 7) is 5.28. The Hall–Kier alpha value is -0.570. The van der Waals surface area contributed by atoms with Crippen LogP contribution in [0.3, 0.4) is 0 Å². The van der Waals surface area contributed by atoms with Gasteiger partial charge in [-0.2, -0.15) is 0 Å². The predicted molar refractivity (Wildman–Crippen MR) is 46.8 cm³/mol. The fourth-order valence-electron chi connectivity index (χ4n) is 1.62. The molecule has 0 saturated carbocycles. The van der Waals surface area contributed by atoms with Gasteiger partial charge < -0.3 is 10.1 Å². The molecule has 1 aliphatic heterocycles. The van der Waals surface area contributed by atoms with Crippen LogP contribution in [0.1, 0.15) is 26.7 Å². The molecule has 0 spiro atoms. The van der Waals surface area contributed by atoms with Crippen LogP contribution in [0.25, 0.3) is 0 Å². The Morgan fingerprint density at radius 2 is 2.25 bits per heavy atom. The summed E-state index contributed by atoms with van der Waals surface area (Å²) in [5.74, 6) is -0.136. The Morgan fingerprint density at radius 3 is 2.75 bits per heavy atom. The lowest BCUT2D eigenvalue weighted by molar-refractivity contribution is -0.144. The third-order valence-electron chi connectivity index (χ3n) is 2.43. The van der Waals surface area contributed by atoms with Crippen LogP contribution in [-0.4, -0.2) is 25.7 Å². The smallest absolute Gasteiger partial charge is 0.322 e. The van der Waals surface area contributed by atoms with Crippen LogP contribution in [0.5, 0.6) is 0 Å². The van der Waals surface area contributed by atoms with E-state index < -0.39 is 0 Å². The average molecular weight is 171 g/mol. The Balaban J connectivity index is 2.52. The minimum absolute atomic E-state index is 0.0984.